The molecule has 1 saturated heterocycles. The van der Waals surface area contributed by atoms with Gasteiger partial charge in [-0.05, 0) is 13.5 Å². The Kier molecular flexibility index (Phi) is 3.75. The van der Waals surface area contributed by atoms with Crippen molar-refractivity contribution in [3.63, 3.8) is 0 Å². The number of hydrazine groups is 1. The lowest BCUT2D eigenvalue weighted by Gasteiger charge is -2.35. The molecule has 94 valence electrons. The highest BCUT2D eigenvalue weighted by Crippen LogP contribution is 2.22. The van der Waals surface area contributed by atoms with Crippen molar-refractivity contribution < 1.29 is 0 Å². The SMILES string of the molecule is CCN1CCN(c2ncnc(NN)c2C)CC1. The van der Waals surface area contributed by atoms with Crippen LogP contribution in [0.5, 0.6) is 0 Å². The van der Waals surface area contributed by atoms with Crippen molar-refractivity contribution in [2.24, 2.45) is 5.84 Å². The fourth-order valence-corrected chi connectivity index (χ4v) is 2.18. The smallest absolute Gasteiger partial charge is 0.148 e. The fraction of sp³-hybridized carbons (Fsp3) is 0.636. The maximum atomic E-state index is 5.43. The summed E-state index contributed by atoms with van der Waals surface area (Å²) < 4.78 is 0. The van der Waals surface area contributed by atoms with Gasteiger partial charge in [-0.3, -0.25) is 0 Å². The molecular weight excluding hydrogens is 216 g/mol. The number of hydrogen-bond acceptors (Lipinski definition) is 6. The van der Waals surface area contributed by atoms with Gasteiger partial charge in [0, 0.05) is 31.7 Å². The van der Waals surface area contributed by atoms with Crippen LogP contribution in [-0.2, 0) is 0 Å². The highest BCUT2D eigenvalue weighted by Gasteiger charge is 2.19. The molecule has 6 heteroatoms. The number of aromatic nitrogens is 2. The molecule has 0 bridgehead atoms. The van der Waals surface area contributed by atoms with E-state index in [1.54, 1.807) is 6.33 Å². The summed E-state index contributed by atoms with van der Waals surface area (Å²) in [5, 5.41) is 0. The molecule has 17 heavy (non-hydrogen) atoms. The first-order chi connectivity index (χ1) is 8.26. The Morgan fingerprint density at radius 3 is 2.59 bits per heavy atom. The van der Waals surface area contributed by atoms with E-state index in [2.05, 4.69) is 32.1 Å². The number of nitrogens with one attached hydrogen (secondary N) is 1. The van der Waals surface area contributed by atoms with E-state index in [0.717, 1.165) is 44.1 Å². The Balaban J connectivity index is 2.13. The summed E-state index contributed by atoms with van der Waals surface area (Å²) in [4.78, 5) is 13.2. The number of nitrogen functional groups attached to an aromatic ring is 1. The Bertz CT molecular complexity index is 372. The van der Waals surface area contributed by atoms with E-state index in [1.165, 1.54) is 0 Å². The lowest BCUT2D eigenvalue weighted by atomic mass is 10.2. The van der Waals surface area contributed by atoms with Crippen LogP contribution in [0.15, 0.2) is 6.33 Å². The van der Waals surface area contributed by atoms with Gasteiger partial charge >= 0.3 is 0 Å². The van der Waals surface area contributed by atoms with E-state index in [9.17, 15) is 0 Å². The quantitative estimate of drug-likeness (QED) is 0.577. The normalized spacial score (nSPS) is 17.2. The summed E-state index contributed by atoms with van der Waals surface area (Å²) >= 11 is 0. The predicted octanol–water partition coefficient (Wildman–Crippen LogP) is 0.213. The average molecular weight is 236 g/mol. The van der Waals surface area contributed by atoms with Crippen molar-refractivity contribution in [2.75, 3.05) is 43.0 Å². The molecule has 0 saturated carbocycles. The molecule has 2 rings (SSSR count). The second kappa shape index (κ2) is 5.29. The summed E-state index contributed by atoms with van der Waals surface area (Å²) in [7, 11) is 0. The molecule has 1 aliphatic rings. The molecule has 6 nitrogen and oxygen atoms in total. The summed E-state index contributed by atoms with van der Waals surface area (Å²) in [5.41, 5.74) is 3.62. The number of hydrogen-bond donors (Lipinski definition) is 2. The van der Waals surface area contributed by atoms with Crippen LogP contribution in [0.25, 0.3) is 0 Å². The van der Waals surface area contributed by atoms with Gasteiger partial charge in [0.1, 0.15) is 18.0 Å². The number of likely N-dealkylation sites (N-methyl/N-ethyl adjacent to an activating group) is 1. The molecule has 0 amide bonds. The third-order valence-electron chi connectivity index (χ3n) is 3.31. The van der Waals surface area contributed by atoms with E-state index in [4.69, 9.17) is 5.84 Å². The Hall–Kier alpha value is -1.40. The van der Waals surface area contributed by atoms with Gasteiger partial charge in [0.2, 0.25) is 0 Å². The number of rotatable bonds is 3. The maximum absolute atomic E-state index is 5.43. The van der Waals surface area contributed by atoms with Crippen molar-refractivity contribution >= 4 is 11.6 Å². The Labute approximate surface area is 102 Å². The lowest BCUT2D eigenvalue weighted by molar-refractivity contribution is 0.270. The van der Waals surface area contributed by atoms with Crippen LogP contribution in [0.2, 0.25) is 0 Å². The zero-order chi connectivity index (χ0) is 12.3. The molecule has 0 unspecified atom stereocenters. The molecule has 0 spiro atoms. The van der Waals surface area contributed by atoms with E-state index >= 15 is 0 Å². The molecule has 0 aliphatic carbocycles. The first-order valence-corrected chi connectivity index (χ1v) is 6.01. The van der Waals surface area contributed by atoms with E-state index < -0.39 is 0 Å². The summed E-state index contributed by atoms with van der Waals surface area (Å²) in [6.07, 6.45) is 1.56. The molecule has 3 N–H and O–H groups in total. The molecule has 1 aromatic rings. The number of nitrogens with two attached hydrogens (primary N) is 1. The van der Waals surface area contributed by atoms with Crippen molar-refractivity contribution in [1.29, 1.82) is 0 Å². The van der Waals surface area contributed by atoms with E-state index in [0.29, 0.717) is 5.82 Å². The minimum absolute atomic E-state index is 0.702. The van der Waals surface area contributed by atoms with Crippen LogP contribution in [-0.4, -0.2) is 47.6 Å². The average Bonchev–Trinajstić information content (AvgIpc) is 2.39. The molecule has 1 aliphatic heterocycles. The van der Waals surface area contributed by atoms with Crippen molar-refractivity contribution in [3.8, 4) is 0 Å². The van der Waals surface area contributed by atoms with Crippen LogP contribution in [0.1, 0.15) is 12.5 Å². The van der Waals surface area contributed by atoms with Gasteiger partial charge in [-0.2, -0.15) is 0 Å². The second-order valence-corrected chi connectivity index (χ2v) is 4.24. The van der Waals surface area contributed by atoms with Crippen LogP contribution in [0.3, 0.4) is 0 Å². The van der Waals surface area contributed by atoms with Gasteiger partial charge in [-0.15, -0.1) is 0 Å². The second-order valence-electron chi connectivity index (χ2n) is 4.24. The third kappa shape index (κ3) is 2.48. The van der Waals surface area contributed by atoms with Gasteiger partial charge in [-0.25, -0.2) is 15.8 Å². The number of anilines is 2. The minimum Gasteiger partial charge on any atom is -0.354 e. The molecular formula is C11H20N6. The Morgan fingerprint density at radius 2 is 2.00 bits per heavy atom. The van der Waals surface area contributed by atoms with Crippen molar-refractivity contribution in [2.45, 2.75) is 13.8 Å². The van der Waals surface area contributed by atoms with Gasteiger partial charge in [-0.1, -0.05) is 6.92 Å². The van der Waals surface area contributed by atoms with Gasteiger partial charge in [0.15, 0.2) is 0 Å². The molecule has 0 aromatic carbocycles. The summed E-state index contributed by atoms with van der Waals surface area (Å²) in [6, 6.07) is 0. The minimum atomic E-state index is 0.702. The van der Waals surface area contributed by atoms with E-state index in [-0.39, 0.29) is 0 Å². The number of nitrogens with zero attached hydrogens (tertiary/aromatic N) is 4. The van der Waals surface area contributed by atoms with Gasteiger partial charge in [0.05, 0.1) is 0 Å². The maximum Gasteiger partial charge on any atom is 0.148 e. The molecule has 1 aromatic heterocycles. The van der Waals surface area contributed by atoms with E-state index in [1.807, 2.05) is 6.92 Å². The summed E-state index contributed by atoms with van der Waals surface area (Å²) in [5.74, 6) is 7.12. The Morgan fingerprint density at radius 1 is 1.29 bits per heavy atom. The van der Waals surface area contributed by atoms with Crippen LogP contribution < -0.4 is 16.2 Å². The highest BCUT2D eigenvalue weighted by atomic mass is 15.3. The van der Waals surface area contributed by atoms with Crippen LogP contribution >= 0.6 is 0 Å². The zero-order valence-electron chi connectivity index (χ0n) is 10.5. The highest BCUT2D eigenvalue weighted by molar-refractivity contribution is 5.57. The standard InChI is InChI=1S/C11H20N6/c1-3-16-4-6-17(7-5-16)11-9(2)10(15-12)13-8-14-11/h8H,3-7,12H2,1-2H3,(H,13,14,15). The molecule has 2 heterocycles. The third-order valence-corrected chi connectivity index (χ3v) is 3.31. The van der Waals surface area contributed by atoms with Crippen molar-refractivity contribution in [3.05, 3.63) is 11.9 Å². The van der Waals surface area contributed by atoms with Gasteiger partial charge in [0.25, 0.3) is 0 Å². The zero-order valence-corrected chi connectivity index (χ0v) is 10.5. The molecule has 0 atom stereocenters. The van der Waals surface area contributed by atoms with Crippen molar-refractivity contribution in [1.82, 2.24) is 14.9 Å². The fourth-order valence-electron chi connectivity index (χ4n) is 2.18. The monoisotopic (exact) mass is 236 g/mol. The van der Waals surface area contributed by atoms with Gasteiger partial charge < -0.3 is 15.2 Å². The molecule has 1 fully saturated rings. The first-order valence-electron chi connectivity index (χ1n) is 6.01. The topological polar surface area (TPSA) is 70.3 Å². The molecule has 0 radical (unpaired) electrons. The predicted molar refractivity (Wildman–Crippen MR) is 68.9 cm³/mol. The first kappa shape index (κ1) is 12.1. The summed E-state index contributed by atoms with van der Waals surface area (Å²) in [6.45, 7) is 9.51. The van der Waals surface area contributed by atoms with Crippen LogP contribution in [0.4, 0.5) is 11.6 Å². The van der Waals surface area contributed by atoms with Crippen LogP contribution in [0, 0.1) is 6.92 Å². The largest absolute Gasteiger partial charge is 0.354 e. The number of piperazine rings is 1. The lowest BCUT2D eigenvalue weighted by Crippen LogP contribution is -2.46.